The fourth-order valence-electron chi connectivity index (χ4n) is 1.38. The second kappa shape index (κ2) is 4.41. The molecule has 80 valence electrons. The van der Waals surface area contributed by atoms with Crippen molar-refractivity contribution in [3.05, 3.63) is 0 Å². The van der Waals surface area contributed by atoms with Gasteiger partial charge in [-0.25, -0.2) is 0 Å². The summed E-state index contributed by atoms with van der Waals surface area (Å²) >= 11 is 0. The van der Waals surface area contributed by atoms with Gasteiger partial charge in [0.15, 0.2) is 0 Å². The van der Waals surface area contributed by atoms with Crippen LogP contribution in [-0.4, -0.2) is 42.4 Å². The van der Waals surface area contributed by atoms with Gasteiger partial charge in [-0.1, -0.05) is 0 Å². The molecule has 5 heteroatoms. The molecule has 0 atom stereocenters. The van der Waals surface area contributed by atoms with Crippen molar-refractivity contribution in [1.29, 1.82) is 0 Å². The van der Waals surface area contributed by atoms with E-state index in [1.807, 2.05) is 13.8 Å². The van der Waals surface area contributed by atoms with Crippen LogP contribution in [-0.2, 0) is 9.59 Å². The summed E-state index contributed by atoms with van der Waals surface area (Å²) in [6.07, 6.45) is 0. The maximum absolute atomic E-state index is 11.8. The lowest BCUT2D eigenvalue weighted by Gasteiger charge is -2.34. The monoisotopic (exact) mass is 199 g/mol. The molecule has 1 rings (SSSR count). The Labute approximate surface area is 83.6 Å². The van der Waals surface area contributed by atoms with E-state index >= 15 is 0 Å². The predicted molar refractivity (Wildman–Crippen MR) is 52.4 cm³/mol. The smallest absolute Gasteiger partial charge is 0.237 e. The van der Waals surface area contributed by atoms with E-state index in [-0.39, 0.29) is 24.4 Å². The summed E-state index contributed by atoms with van der Waals surface area (Å²) in [5.74, 6) is -0.409. The van der Waals surface area contributed by atoms with Gasteiger partial charge in [0.25, 0.3) is 0 Å². The molecule has 0 spiro atoms. The van der Waals surface area contributed by atoms with E-state index in [9.17, 15) is 9.59 Å². The maximum atomic E-state index is 11.8. The largest absolute Gasteiger partial charge is 0.368 e. The fourth-order valence-corrected chi connectivity index (χ4v) is 1.38. The van der Waals surface area contributed by atoms with Gasteiger partial charge in [0.05, 0.1) is 12.5 Å². The minimum atomic E-state index is -0.459. The molecule has 0 radical (unpaired) electrons. The van der Waals surface area contributed by atoms with Crippen LogP contribution in [0.4, 0.5) is 0 Å². The van der Waals surface area contributed by atoms with Crippen molar-refractivity contribution >= 4 is 11.8 Å². The molecule has 14 heavy (non-hydrogen) atoms. The first-order valence-corrected chi connectivity index (χ1v) is 4.82. The molecule has 0 saturated carbocycles. The number of nitrogens with zero attached hydrogens (tertiary/aromatic N) is 1. The van der Waals surface area contributed by atoms with E-state index in [4.69, 9.17) is 5.73 Å². The highest BCUT2D eigenvalue weighted by atomic mass is 16.2. The Kier molecular flexibility index (Phi) is 3.46. The molecule has 1 saturated heterocycles. The Morgan fingerprint density at radius 2 is 2.07 bits per heavy atom. The third-order valence-corrected chi connectivity index (χ3v) is 2.36. The molecule has 1 aliphatic heterocycles. The van der Waals surface area contributed by atoms with Crippen LogP contribution in [0.2, 0.25) is 0 Å². The standard InChI is InChI=1S/C9H17N3O2/c1-6(2)12(5-8(10)13)9(14)7-3-11-4-7/h6-7,11H,3-5H2,1-2H3,(H2,10,13). The van der Waals surface area contributed by atoms with E-state index in [2.05, 4.69) is 5.32 Å². The summed E-state index contributed by atoms with van der Waals surface area (Å²) in [7, 11) is 0. The first-order valence-electron chi connectivity index (χ1n) is 4.82. The zero-order valence-corrected chi connectivity index (χ0v) is 8.62. The number of nitrogens with two attached hydrogens (primary N) is 1. The van der Waals surface area contributed by atoms with Gasteiger partial charge in [-0.15, -0.1) is 0 Å². The van der Waals surface area contributed by atoms with Crippen molar-refractivity contribution < 1.29 is 9.59 Å². The van der Waals surface area contributed by atoms with Crippen molar-refractivity contribution in [2.24, 2.45) is 11.7 Å². The van der Waals surface area contributed by atoms with Crippen LogP contribution in [0.15, 0.2) is 0 Å². The third kappa shape index (κ3) is 2.45. The molecule has 0 aromatic heterocycles. The molecule has 0 bridgehead atoms. The maximum Gasteiger partial charge on any atom is 0.237 e. The van der Waals surface area contributed by atoms with E-state index in [1.54, 1.807) is 0 Å². The van der Waals surface area contributed by atoms with Crippen LogP contribution in [0.5, 0.6) is 0 Å². The van der Waals surface area contributed by atoms with Gasteiger partial charge in [-0.3, -0.25) is 9.59 Å². The van der Waals surface area contributed by atoms with Crippen LogP contribution in [0.25, 0.3) is 0 Å². The van der Waals surface area contributed by atoms with Crippen LogP contribution >= 0.6 is 0 Å². The summed E-state index contributed by atoms with van der Waals surface area (Å²) in [5.41, 5.74) is 5.08. The molecule has 1 aliphatic rings. The molecule has 3 N–H and O–H groups in total. The van der Waals surface area contributed by atoms with E-state index in [0.717, 1.165) is 0 Å². The molecule has 0 unspecified atom stereocenters. The number of amides is 2. The lowest BCUT2D eigenvalue weighted by atomic mass is 10.0. The molecule has 1 fully saturated rings. The molecule has 1 heterocycles. The third-order valence-electron chi connectivity index (χ3n) is 2.36. The zero-order valence-electron chi connectivity index (χ0n) is 8.62. The minimum Gasteiger partial charge on any atom is -0.368 e. The quantitative estimate of drug-likeness (QED) is 0.605. The van der Waals surface area contributed by atoms with Gasteiger partial charge in [0, 0.05) is 19.1 Å². The summed E-state index contributed by atoms with van der Waals surface area (Å²) in [5, 5.41) is 3.03. The minimum absolute atomic E-state index is 0.0208. The normalized spacial score (nSPS) is 16.5. The molecule has 5 nitrogen and oxygen atoms in total. The Hall–Kier alpha value is -1.10. The summed E-state index contributed by atoms with van der Waals surface area (Å²) in [6.45, 7) is 5.20. The first-order chi connectivity index (χ1) is 6.52. The predicted octanol–water partition coefficient (Wildman–Crippen LogP) is -1.07. The fraction of sp³-hybridized carbons (Fsp3) is 0.778. The number of hydrogen-bond acceptors (Lipinski definition) is 3. The van der Waals surface area contributed by atoms with Crippen molar-refractivity contribution in [3.63, 3.8) is 0 Å². The zero-order chi connectivity index (χ0) is 10.7. The van der Waals surface area contributed by atoms with Gasteiger partial charge >= 0.3 is 0 Å². The van der Waals surface area contributed by atoms with Crippen molar-refractivity contribution in [2.75, 3.05) is 19.6 Å². The van der Waals surface area contributed by atoms with Crippen LogP contribution < -0.4 is 11.1 Å². The number of hydrogen-bond donors (Lipinski definition) is 2. The van der Waals surface area contributed by atoms with Gasteiger partial charge < -0.3 is 16.0 Å². The molecular weight excluding hydrogens is 182 g/mol. The number of carbonyl (C=O) groups is 2. The van der Waals surface area contributed by atoms with E-state index in [1.165, 1.54) is 4.90 Å². The molecule has 0 aliphatic carbocycles. The van der Waals surface area contributed by atoms with E-state index in [0.29, 0.717) is 13.1 Å². The second-order valence-electron chi connectivity index (χ2n) is 3.88. The SMILES string of the molecule is CC(C)N(CC(N)=O)C(=O)C1CNC1. The lowest BCUT2D eigenvalue weighted by molar-refractivity contribution is -0.141. The Morgan fingerprint density at radius 1 is 1.50 bits per heavy atom. The molecule has 2 amide bonds. The van der Waals surface area contributed by atoms with Crippen LogP contribution in [0.3, 0.4) is 0 Å². The number of nitrogens with one attached hydrogen (secondary N) is 1. The van der Waals surface area contributed by atoms with Crippen molar-refractivity contribution in [2.45, 2.75) is 19.9 Å². The second-order valence-corrected chi connectivity index (χ2v) is 3.88. The number of carbonyl (C=O) groups excluding carboxylic acids is 2. The average molecular weight is 199 g/mol. The summed E-state index contributed by atoms with van der Waals surface area (Å²) < 4.78 is 0. The Balaban J connectivity index is 2.56. The van der Waals surface area contributed by atoms with Crippen molar-refractivity contribution in [3.8, 4) is 0 Å². The molecule has 0 aromatic carbocycles. The van der Waals surface area contributed by atoms with Crippen LogP contribution in [0, 0.1) is 5.92 Å². The Bertz CT molecular complexity index is 236. The Morgan fingerprint density at radius 3 is 2.36 bits per heavy atom. The van der Waals surface area contributed by atoms with Gasteiger partial charge in [0.2, 0.25) is 11.8 Å². The highest BCUT2D eigenvalue weighted by molar-refractivity contribution is 5.86. The molecule has 0 aromatic rings. The topological polar surface area (TPSA) is 75.4 Å². The van der Waals surface area contributed by atoms with Crippen molar-refractivity contribution in [1.82, 2.24) is 10.2 Å². The highest BCUT2D eigenvalue weighted by Crippen LogP contribution is 2.10. The van der Waals surface area contributed by atoms with Gasteiger partial charge in [-0.2, -0.15) is 0 Å². The molecular formula is C9H17N3O2. The summed E-state index contributed by atoms with van der Waals surface area (Å²) in [4.78, 5) is 24.1. The van der Waals surface area contributed by atoms with Gasteiger partial charge in [0.1, 0.15) is 0 Å². The number of primary amides is 1. The summed E-state index contributed by atoms with van der Waals surface area (Å²) in [6, 6.07) is 0.0237. The van der Waals surface area contributed by atoms with E-state index < -0.39 is 5.91 Å². The van der Waals surface area contributed by atoms with Gasteiger partial charge in [-0.05, 0) is 13.8 Å². The lowest BCUT2D eigenvalue weighted by Crippen LogP contribution is -2.55. The first kappa shape index (κ1) is 11.0. The van der Waals surface area contributed by atoms with Crippen LogP contribution in [0.1, 0.15) is 13.8 Å². The number of rotatable bonds is 4. The average Bonchev–Trinajstić information content (AvgIpc) is 1.95. The highest BCUT2D eigenvalue weighted by Gasteiger charge is 2.30.